The van der Waals surface area contributed by atoms with Crippen LogP contribution in [-0.4, -0.2) is 4.98 Å². The molecule has 0 atom stereocenters. The van der Waals surface area contributed by atoms with Gasteiger partial charge in [-0.25, -0.2) is 0 Å². The van der Waals surface area contributed by atoms with Gasteiger partial charge in [-0.05, 0) is 24.3 Å². The van der Waals surface area contributed by atoms with Gasteiger partial charge in [-0.3, -0.25) is 4.98 Å². The molecule has 2 N–H and O–H groups in total. The predicted octanol–water partition coefficient (Wildman–Crippen LogP) is 2.99. The maximum atomic E-state index is 5.91. The summed E-state index contributed by atoms with van der Waals surface area (Å²) in [4.78, 5) is 4.26. The van der Waals surface area contributed by atoms with Gasteiger partial charge >= 0.3 is 0 Å². The largest absolute Gasteiger partial charge is 0.483 e. The SMILES string of the molecule is Nc1cnc2ccccc2c1OCc1ccco1. The van der Waals surface area contributed by atoms with E-state index in [9.17, 15) is 0 Å². The smallest absolute Gasteiger partial charge is 0.153 e. The van der Waals surface area contributed by atoms with Crippen LogP contribution in [-0.2, 0) is 6.61 Å². The van der Waals surface area contributed by atoms with Gasteiger partial charge < -0.3 is 14.9 Å². The molecule has 18 heavy (non-hydrogen) atoms. The number of nitrogen functional groups attached to an aromatic ring is 1. The molecule has 0 aliphatic heterocycles. The van der Waals surface area contributed by atoms with Crippen LogP contribution in [0.4, 0.5) is 5.69 Å². The maximum Gasteiger partial charge on any atom is 0.153 e. The standard InChI is InChI=1S/C14H12N2O2/c15-12-8-16-13-6-2-1-5-11(13)14(12)18-9-10-4-3-7-17-10/h1-8H,9,15H2. The Kier molecular flexibility index (Phi) is 2.61. The van der Waals surface area contributed by atoms with Crippen molar-refractivity contribution in [2.24, 2.45) is 0 Å². The molecule has 0 radical (unpaired) electrons. The fourth-order valence-corrected chi connectivity index (χ4v) is 1.83. The lowest BCUT2D eigenvalue weighted by molar-refractivity contribution is 0.274. The molecular formula is C14H12N2O2. The van der Waals surface area contributed by atoms with Gasteiger partial charge in [-0.2, -0.15) is 0 Å². The molecule has 4 nitrogen and oxygen atoms in total. The van der Waals surface area contributed by atoms with E-state index in [4.69, 9.17) is 14.9 Å². The van der Waals surface area contributed by atoms with Crippen molar-refractivity contribution in [3.63, 3.8) is 0 Å². The molecule has 0 aliphatic rings. The number of anilines is 1. The molecule has 0 spiro atoms. The van der Waals surface area contributed by atoms with Crippen molar-refractivity contribution in [1.82, 2.24) is 4.98 Å². The summed E-state index contributed by atoms with van der Waals surface area (Å²) in [5.41, 5.74) is 7.30. The molecule has 0 aliphatic carbocycles. The Balaban J connectivity index is 1.97. The van der Waals surface area contributed by atoms with Gasteiger partial charge in [0.25, 0.3) is 0 Å². The van der Waals surface area contributed by atoms with Crippen LogP contribution >= 0.6 is 0 Å². The number of aromatic nitrogens is 1. The Morgan fingerprint density at radius 3 is 2.89 bits per heavy atom. The van der Waals surface area contributed by atoms with Crippen molar-refractivity contribution in [2.45, 2.75) is 6.61 Å². The molecule has 0 amide bonds. The van der Waals surface area contributed by atoms with Crippen LogP contribution in [0.3, 0.4) is 0 Å². The van der Waals surface area contributed by atoms with E-state index in [-0.39, 0.29) is 0 Å². The normalized spacial score (nSPS) is 10.7. The summed E-state index contributed by atoms with van der Waals surface area (Å²) in [6, 6.07) is 11.4. The number of nitrogens with two attached hydrogens (primary N) is 1. The molecule has 0 saturated carbocycles. The number of nitrogens with zero attached hydrogens (tertiary/aromatic N) is 1. The highest BCUT2D eigenvalue weighted by Gasteiger charge is 2.08. The predicted molar refractivity (Wildman–Crippen MR) is 69.2 cm³/mol. The van der Waals surface area contributed by atoms with Crippen LogP contribution in [0.1, 0.15) is 5.76 Å². The lowest BCUT2D eigenvalue weighted by atomic mass is 10.2. The third kappa shape index (κ3) is 1.88. The zero-order valence-corrected chi connectivity index (χ0v) is 9.67. The molecule has 4 heteroatoms. The summed E-state index contributed by atoms with van der Waals surface area (Å²) in [7, 11) is 0. The second kappa shape index (κ2) is 4.41. The van der Waals surface area contributed by atoms with Crippen LogP contribution in [0.25, 0.3) is 10.9 Å². The fraction of sp³-hybridized carbons (Fsp3) is 0.0714. The quantitative estimate of drug-likeness (QED) is 0.764. The summed E-state index contributed by atoms with van der Waals surface area (Å²) >= 11 is 0. The van der Waals surface area contributed by atoms with E-state index >= 15 is 0 Å². The van der Waals surface area contributed by atoms with Crippen molar-refractivity contribution >= 4 is 16.6 Å². The van der Waals surface area contributed by atoms with Gasteiger partial charge in [0, 0.05) is 5.39 Å². The average molecular weight is 240 g/mol. The number of ether oxygens (including phenoxy) is 1. The highest BCUT2D eigenvalue weighted by Crippen LogP contribution is 2.30. The summed E-state index contributed by atoms with van der Waals surface area (Å²) < 4.78 is 11.0. The number of hydrogen-bond acceptors (Lipinski definition) is 4. The molecule has 3 rings (SSSR count). The molecule has 1 aromatic carbocycles. The summed E-state index contributed by atoms with van der Waals surface area (Å²) in [5.74, 6) is 1.41. The van der Waals surface area contributed by atoms with Gasteiger partial charge in [-0.1, -0.05) is 12.1 Å². The first kappa shape index (κ1) is 10.7. The van der Waals surface area contributed by atoms with Crippen LogP contribution in [0.15, 0.2) is 53.3 Å². The minimum atomic E-state index is 0.352. The lowest BCUT2D eigenvalue weighted by Gasteiger charge is -2.10. The Morgan fingerprint density at radius 1 is 1.17 bits per heavy atom. The average Bonchev–Trinajstić information content (AvgIpc) is 2.91. The van der Waals surface area contributed by atoms with Crippen molar-refractivity contribution in [2.75, 3.05) is 5.73 Å². The molecule has 0 saturated heterocycles. The number of furan rings is 1. The van der Waals surface area contributed by atoms with Crippen LogP contribution in [0.5, 0.6) is 5.75 Å². The number of fused-ring (bicyclic) bond motifs is 1. The number of para-hydroxylation sites is 1. The monoisotopic (exact) mass is 240 g/mol. The fourth-order valence-electron chi connectivity index (χ4n) is 1.83. The molecule has 0 fully saturated rings. The van der Waals surface area contributed by atoms with Crippen molar-refractivity contribution in [3.8, 4) is 5.75 Å². The Morgan fingerprint density at radius 2 is 2.06 bits per heavy atom. The van der Waals surface area contributed by atoms with Gasteiger partial charge in [0.2, 0.25) is 0 Å². The van der Waals surface area contributed by atoms with Crippen molar-refractivity contribution in [3.05, 3.63) is 54.6 Å². The Bertz CT molecular complexity index is 663. The minimum Gasteiger partial charge on any atom is -0.483 e. The van der Waals surface area contributed by atoms with E-state index in [1.165, 1.54) is 0 Å². The van der Waals surface area contributed by atoms with Crippen LogP contribution < -0.4 is 10.5 Å². The van der Waals surface area contributed by atoms with Gasteiger partial charge in [0.15, 0.2) is 5.75 Å². The molecule has 0 bridgehead atoms. The first-order valence-corrected chi connectivity index (χ1v) is 5.63. The van der Waals surface area contributed by atoms with Crippen molar-refractivity contribution in [1.29, 1.82) is 0 Å². The number of hydrogen-bond donors (Lipinski definition) is 1. The summed E-state index contributed by atoms with van der Waals surface area (Å²) in [6.45, 7) is 0.352. The van der Waals surface area contributed by atoms with E-state index in [2.05, 4.69) is 4.98 Å². The molecule has 0 unspecified atom stereocenters. The lowest BCUT2D eigenvalue weighted by Crippen LogP contribution is -1.99. The van der Waals surface area contributed by atoms with Gasteiger partial charge in [-0.15, -0.1) is 0 Å². The molecule has 3 aromatic rings. The van der Waals surface area contributed by atoms with E-state index in [1.54, 1.807) is 12.5 Å². The Labute approximate surface area is 104 Å². The number of rotatable bonds is 3. The summed E-state index contributed by atoms with van der Waals surface area (Å²) in [5, 5.41) is 0.907. The Hall–Kier alpha value is -2.49. The van der Waals surface area contributed by atoms with E-state index in [0.717, 1.165) is 16.7 Å². The molecule has 2 heterocycles. The second-order valence-electron chi connectivity index (χ2n) is 3.93. The molecule has 90 valence electrons. The van der Waals surface area contributed by atoms with Crippen LogP contribution in [0, 0.1) is 0 Å². The second-order valence-corrected chi connectivity index (χ2v) is 3.93. The van der Waals surface area contributed by atoms with Crippen LogP contribution in [0.2, 0.25) is 0 Å². The maximum absolute atomic E-state index is 5.91. The van der Waals surface area contributed by atoms with E-state index in [1.807, 2.05) is 36.4 Å². The van der Waals surface area contributed by atoms with Crippen molar-refractivity contribution < 1.29 is 9.15 Å². The van der Waals surface area contributed by atoms with Gasteiger partial charge in [0.1, 0.15) is 12.4 Å². The highest BCUT2D eigenvalue weighted by molar-refractivity contribution is 5.89. The molecule has 2 aromatic heterocycles. The third-order valence-electron chi connectivity index (χ3n) is 2.69. The minimum absolute atomic E-state index is 0.352. The number of pyridine rings is 1. The zero-order valence-electron chi connectivity index (χ0n) is 9.67. The van der Waals surface area contributed by atoms with Gasteiger partial charge in [0.05, 0.1) is 23.7 Å². The first-order valence-electron chi connectivity index (χ1n) is 5.63. The summed E-state index contributed by atoms with van der Waals surface area (Å²) in [6.07, 6.45) is 3.23. The topological polar surface area (TPSA) is 61.3 Å². The number of benzene rings is 1. The zero-order chi connectivity index (χ0) is 12.4. The van der Waals surface area contributed by atoms with E-state index in [0.29, 0.717) is 18.0 Å². The highest BCUT2D eigenvalue weighted by atomic mass is 16.5. The first-order chi connectivity index (χ1) is 8.84. The molecular weight excluding hydrogens is 228 g/mol. The van der Waals surface area contributed by atoms with E-state index < -0.39 is 0 Å². The third-order valence-corrected chi connectivity index (χ3v) is 2.69.